The summed E-state index contributed by atoms with van der Waals surface area (Å²) in [5, 5.41) is 6.42. The van der Waals surface area contributed by atoms with Crippen molar-refractivity contribution in [2.45, 2.75) is 13.0 Å². The van der Waals surface area contributed by atoms with Crippen LogP contribution in [0.1, 0.15) is 24.1 Å². The van der Waals surface area contributed by atoms with Crippen molar-refractivity contribution in [3.8, 4) is 11.5 Å². The SMILES string of the molecule is COc1ccc(OC)c(/C=N/NC(=O)C(=O)N[C@@H](C)c2ccccc2)c1. The average Bonchev–Trinajstić information content (AvgIpc) is 2.68. The zero-order chi connectivity index (χ0) is 18.9. The predicted molar refractivity (Wildman–Crippen MR) is 98.3 cm³/mol. The van der Waals surface area contributed by atoms with E-state index in [4.69, 9.17) is 9.47 Å². The fourth-order valence-corrected chi connectivity index (χ4v) is 2.24. The van der Waals surface area contributed by atoms with Gasteiger partial charge in [0.25, 0.3) is 0 Å². The number of hydrogen-bond acceptors (Lipinski definition) is 5. The number of benzene rings is 2. The summed E-state index contributed by atoms with van der Waals surface area (Å²) in [4.78, 5) is 23.8. The maximum Gasteiger partial charge on any atom is 0.329 e. The van der Waals surface area contributed by atoms with E-state index < -0.39 is 11.8 Å². The molecule has 0 heterocycles. The molecule has 0 spiro atoms. The summed E-state index contributed by atoms with van der Waals surface area (Å²) in [7, 11) is 3.07. The Balaban J connectivity index is 1.95. The van der Waals surface area contributed by atoms with Crippen molar-refractivity contribution >= 4 is 18.0 Å². The van der Waals surface area contributed by atoms with E-state index in [1.807, 2.05) is 30.3 Å². The third kappa shape index (κ3) is 5.07. The molecular weight excluding hydrogens is 334 g/mol. The van der Waals surface area contributed by atoms with E-state index in [0.29, 0.717) is 17.1 Å². The summed E-state index contributed by atoms with van der Waals surface area (Å²) in [6.45, 7) is 1.80. The fraction of sp³-hybridized carbons (Fsp3) is 0.211. The van der Waals surface area contributed by atoms with E-state index in [0.717, 1.165) is 5.56 Å². The van der Waals surface area contributed by atoms with Crippen LogP contribution in [0.25, 0.3) is 0 Å². The minimum Gasteiger partial charge on any atom is -0.497 e. The van der Waals surface area contributed by atoms with E-state index in [-0.39, 0.29) is 6.04 Å². The third-order valence-corrected chi connectivity index (χ3v) is 3.66. The van der Waals surface area contributed by atoms with Crippen molar-refractivity contribution < 1.29 is 19.1 Å². The average molecular weight is 355 g/mol. The van der Waals surface area contributed by atoms with Crippen LogP contribution >= 0.6 is 0 Å². The van der Waals surface area contributed by atoms with Crippen molar-refractivity contribution in [3.63, 3.8) is 0 Å². The monoisotopic (exact) mass is 355 g/mol. The molecule has 0 aliphatic heterocycles. The molecule has 2 aromatic carbocycles. The Kier molecular flexibility index (Phi) is 6.73. The number of hydrazone groups is 1. The van der Waals surface area contributed by atoms with Crippen LogP contribution in [0.5, 0.6) is 11.5 Å². The standard InChI is InChI=1S/C19H21N3O4/c1-13(14-7-5-4-6-8-14)21-18(23)19(24)22-20-12-15-11-16(25-2)9-10-17(15)26-3/h4-13H,1-3H3,(H,21,23)(H,22,24)/b20-12+/t13-/m0/s1. The van der Waals surface area contributed by atoms with E-state index in [1.165, 1.54) is 13.3 Å². The maximum absolute atomic E-state index is 12.0. The number of methoxy groups -OCH3 is 2. The number of rotatable bonds is 6. The van der Waals surface area contributed by atoms with Gasteiger partial charge < -0.3 is 14.8 Å². The molecule has 0 aromatic heterocycles. The Labute approximate surface area is 152 Å². The Bertz CT molecular complexity index is 791. The molecule has 0 fully saturated rings. The van der Waals surface area contributed by atoms with Gasteiger partial charge in [0.2, 0.25) is 0 Å². The number of amides is 2. The highest BCUT2D eigenvalue weighted by Crippen LogP contribution is 2.22. The summed E-state index contributed by atoms with van der Waals surface area (Å²) >= 11 is 0. The molecule has 0 aliphatic carbocycles. The van der Waals surface area contributed by atoms with Crippen LogP contribution in [0, 0.1) is 0 Å². The molecule has 0 unspecified atom stereocenters. The molecule has 26 heavy (non-hydrogen) atoms. The van der Waals surface area contributed by atoms with Crippen LogP contribution in [0.4, 0.5) is 0 Å². The van der Waals surface area contributed by atoms with Gasteiger partial charge in [0, 0.05) is 5.56 Å². The molecule has 0 saturated carbocycles. The summed E-state index contributed by atoms with van der Waals surface area (Å²) in [5.41, 5.74) is 3.70. The van der Waals surface area contributed by atoms with Crippen molar-refractivity contribution in [3.05, 3.63) is 59.7 Å². The predicted octanol–water partition coefficient (Wildman–Crippen LogP) is 2.03. The lowest BCUT2D eigenvalue weighted by Crippen LogP contribution is -2.39. The normalized spacial score (nSPS) is 11.7. The molecule has 0 bridgehead atoms. The Morgan fingerprint density at radius 1 is 1.04 bits per heavy atom. The Morgan fingerprint density at radius 2 is 1.77 bits per heavy atom. The van der Waals surface area contributed by atoms with Crippen LogP contribution in [-0.2, 0) is 9.59 Å². The number of ether oxygens (including phenoxy) is 2. The summed E-state index contributed by atoms with van der Waals surface area (Å²) in [5.74, 6) is -0.444. The van der Waals surface area contributed by atoms with Gasteiger partial charge in [-0.05, 0) is 30.7 Å². The Morgan fingerprint density at radius 3 is 2.42 bits per heavy atom. The van der Waals surface area contributed by atoms with Crippen LogP contribution in [0.2, 0.25) is 0 Å². The van der Waals surface area contributed by atoms with Gasteiger partial charge in [-0.3, -0.25) is 9.59 Å². The van der Waals surface area contributed by atoms with Crippen molar-refractivity contribution in [2.24, 2.45) is 5.10 Å². The molecule has 1 atom stereocenters. The van der Waals surface area contributed by atoms with E-state index >= 15 is 0 Å². The molecule has 2 aromatic rings. The molecule has 0 radical (unpaired) electrons. The van der Waals surface area contributed by atoms with E-state index in [2.05, 4.69) is 15.8 Å². The topological polar surface area (TPSA) is 89.0 Å². The second-order valence-electron chi connectivity index (χ2n) is 5.41. The molecule has 7 nitrogen and oxygen atoms in total. The third-order valence-electron chi connectivity index (χ3n) is 3.66. The van der Waals surface area contributed by atoms with Gasteiger partial charge in [-0.1, -0.05) is 30.3 Å². The van der Waals surface area contributed by atoms with Crippen LogP contribution < -0.4 is 20.2 Å². The van der Waals surface area contributed by atoms with Crippen LogP contribution in [-0.4, -0.2) is 32.2 Å². The molecule has 2 rings (SSSR count). The van der Waals surface area contributed by atoms with Gasteiger partial charge in [0.1, 0.15) is 11.5 Å². The minimum absolute atomic E-state index is 0.295. The highest BCUT2D eigenvalue weighted by Gasteiger charge is 2.16. The van der Waals surface area contributed by atoms with Gasteiger partial charge in [-0.25, -0.2) is 5.43 Å². The fourth-order valence-electron chi connectivity index (χ4n) is 2.24. The van der Waals surface area contributed by atoms with Gasteiger partial charge in [0.05, 0.1) is 26.5 Å². The molecule has 0 saturated heterocycles. The molecule has 0 aliphatic rings. The largest absolute Gasteiger partial charge is 0.497 e. The summed E-state index contributed by atoms with van der Waals surface area (Å²) < 4.78 is 10.3. The highest BCUT2D eigenvalue weighted by molar-refractivity contribution is 6.35. The Hall–Kier alpha value is -3.35. The second kappa shape index (κ2) is 9.22. The number of carbonyl (C=O) groups is 2. The number of carbonyl (C=O) groups excluding carboxylic acids is 2. The van der Waals surface area contributed by atoms with Crippen molar-refractivity contribution in [1.29, 1.82) is 0 Å². The summed E-state index contributed by atoms with van der Waals surface area (Å²) in [6.07, 6.45) is 1.38. The molecule has 2 amide bonds. The quantitative estimate of drug-likeness (QED) is 0.471. The first-order chi connectivity index (χ1) is 12.5. The molecule has 7 heteroatoms. The zero-order valence-corrected chi connectivity index (χ0v) is 14.9. The molecule has 136 valence electrons. The molecular formula is C19H21N3O4. The van der Waals surface area contributed by atoms with Crippen LogP contribution in [0.15, 0.2) is 53.6 Å². The lowest BCUT2D eigenvalue weighted by molar-refractivity contribution is -0.139. The van der Waals surface area contributed by atoms with Crippen LogP contribution in [0.3, 0.4) is 0 Å². The zero-order valence-electron chi connectivity index (χ0n) is 14.9. The van der Waals surface area contributed by atoms with Gasteiger partial charge in [-0.2, -0.15) is 5.10 Å². The number of nitrogens with one attached hydrogen (secondary N) is 2. The van der Waals surface area contributed by atoms with Gasteiger partial charge >= 0.3 is 11.8 Å². The maximum atomic E-state index is 12.0. The van der Waals surface area contributed by atoms with Gasteiger partial charge in [0.15, 0.2) is 0 Å². The smallest absolute Gasteiger partial charge is 0.329 e. The first-order valence-electron chi connectivity index (χ1n) is 7.96. The summed E-state index contributed by atoms with van der Waals surface area (Å²) in [6, 6.07) is 14.2. The first-order valence-corrected chi connectivity index (χ1v) is 7.96. The number of nitrogens with zero attached hydrogens (tertiary/aromatic N) is 1. The minimum atomic E-state index is -0.856. The molecule has 2 N–H and O–H groups in total. The van der Waals surface area contributed by atoms with Crippen molar-refractivity contribution in [2.75, 3.05) is 14.2 Å². The van der Waals surface area contributed by atoms with E-state index in [1.54, 1.807) is 32.2 Å². The number of hydrogen-bond donors (Lipinski definition) is 2. The van der Waals surface area contributed by atoms with Crippen molar-refractivity contribution in [1.82, 2.24) is 10.7 Å². The van der Waals surface area contributed by atoms with E-state index in [9.17, 15) is 9.59 Å². The lowest BCUT2D eigenvalue weighted by Gasteiger charge is -2.13. The second-order valence-corrected chi connectivity index (χ2v) is 5.41. The first kappa shape index (κ1) is 19.0. The lowest BCUT2D eigenvalue weighted by atomic mass is 10.1. The highest BCUT2D eigenvalue weighted by atomic mass is 16.5. The van der Waals surface area contributed by atoms with Gasteiger partial charge in [-0.15, -0.1) is 0 Å².